The summed E-state index contributed by atoms with van der Waals surface area (Å²) in [6.07, 6.45) is 3.89. The van der Waals surface area contributed by atoms with E-state index in [1.807, 2.05) is 0 Å². The van der Waals surface area contributed by atoms with Crippen LogP contribution in [-0.2, 0) is 11.2 Å². The van der Waals surface area contributed by atoms with E-state index < -0.39 is 0 Å². The van der Waals surface area contributed by atoms with E-state index in [4.69, 9.17) is 9.47 Å². The smallest absolute Gasteiger partial charge is 0.133 e. The molecule has 3 rings (SSSR count). The molecule has 0 unspecified atom stereocenters. The van der Waals surface area contributed by atoms with Gasteiger partial charge in [0.25, 0.3) is 0 Å². The Morgan fingerprint density at radius 1 is 1.37 bits per heavy atom. The lowest BCUT2D eigenvalue weighted by molar-refractivity contribution is 0.0292. The molecule has 1 aromatic rings. The number of nitrogens with one attached hydrogen (secondary N) is 1. The van der Waals surface area contributed by atoms with E-state index in [1.54, 1.807) is 0 Å². The third-order valence-corrected chi connectivity index (χ3v) is 4.26. The van der Waals surface area contributed by atoms with Crippen molar-refractivity contribution >= 4 is 15.9 Å². The summed E-state index contributed by atoms with van der Waals surface area (Å²) < 4.78 is 12.6. The van der Waals surface area contributed by atoms with Gasteiger partial charge >= 0.3 is 0 Å². The zero-order valence-corrected chi connectivity index (χ0v) is 12.6. The van der Waals surface area contributed by atoms with Crippen molar-refractivity contribution in [3.05, 3.63) is 28.2 Å². The third kappa shape index (κ3) is 3.94. The predicted molar refractivity (Wildman–Crippen MR) is 78.7 cm³/mol. The Kier molecular flexibility index (Phi) is 4.41. The van der Waals surface area contributed by atoms with Crippen LogP contribution in [0.5, 0.6) is 5.75 Å². The van der Waals surface area contributed by atoms with Crippen LogP contribution in [-0.4, -0.2) is 32.4 Å². The first-order valence-corrected chi connectivity index (χ1v) is 7.84. The van der Waals surface area contributed by atoms with E-state index in [0.29, 0.717) is 6.10 Å². The minimum Gasteiger partial charge on any atom is -0.492 e. The van der Waals surface area contributed by atoms with Gasteiger partial charge in [0.2, 0.25) is 0 Å². The lowest BCUT2D eigenvalue weighted by atomic mass is 10.1. The van der Waals surface area contributed by atoms with Crippen LogP contribution in [0.1, 0.15) is 18.4 Å². The highest BCUT2D eigenvalue weighted by atomic mass is 79.9. The zero-order chi connectivity index (χ0) is 13.1. The second-order valence-electron chi connectivity index (χ2n) is 5.42. The van der Waals surface area contributed by atoms with Crippen molar-refractivity contribution in [1.29, 1.82) is 0 Å². The molecule has 1 saturated heterocycles. The van der Waals surface area contributed by atoms with Gasteiger partial charge in [-0.15, -0.1) is 0 Å². The molecule has 0 radical (unpaired) electrons. The maximum absolute atomic E-state index is 5.82. The van der Waals surface area contributed by atoms with Gasteiger partial charge in [-0.1, -0.05) is 6.07 Å². The quantitative estimate of drug-likeness (QED) is 0.903. The van der Waals surface area contributed by atoms with Crippen molar-refractivity contribution < 1.29 is 9.47 Å². The molecule has 0 spiro atoms. The molecule has 2 fully saturated rings. The summed E-state index contributed by atoms with van der Waals surface area (Å²) in [5.74, 6) is 1.74. The Hall–Kier alpha value is -0.580. The van der Waals surface area contributed by atoms with Gasteiger partial charge in [-0.2, -0.15) is 0 Å². The van der Waals surface area contributed by atoms with E-state index in [-0.39, 0.29) is 0 Å². The molecule has 4 heteroatoms. The monoisotopic (exact) mass is 325 g/mol. The van der Waals surface area contributed by atoms with E-state index in [2.05, 4.69) is 39.4 Å². The predicted octanol–water partition coefficient (Wildman–Crippen LogP) is 2.77. The second-order valence-corrected chi connectivity index (χ2v) is 6.27. The molecule has 0 amide bonds. The minimum atomic E-state index is 0.291. The Labute approximate surface area is 122 Å². The second kappa shape index (κ2) is 6.25. The molecule has 2 aliphatic rings. The molecule has 1 aromatic carbocycles. The molecular weight excluding hydrogens is 306 g/mol. The van der Waals surface area contributed by atoms with E-state index in [1.165, 1.54) is 18.4 Å². The topological polar surface area (TPSA) is 30.5 Å². The summed E-state index contributed by atoms with van der Waals surface area (Å²) >= 11 is 3.60. The molecule has 1 heterocycles. The van der Waals surface area contributed by atoms with E-state index in [0.717, 1.165) is 48.9 Å². The molecule has 3 nitrogen and oxygen atoms in total. The highest BCUT2D eigenvalue weighted by Crippen LogP contribution is 2.32. The Balaban J connectivity index is 1.57. The first-order chi connectivity index (χ1) is 9.31. The van der Waals surface area contributed by atoms with Crippen LogP contribution in [0.2, 0.25) is 0 Å². The van der Waals surface area contributed by atoms with E-state index in [9.17, 15) is 0 Å². The van der Waals surface area contributed by atoms with Crippen molar-refractivity contribution in [1.82, 2.24) is 5.32 Å². The fourth-order valence-electron chi connectivity index (χ4n) is 2.29. The van der Waals surface area contributed by atoms with Crippen molar-refractivity contribution in [3.8, 4) is 5.75 Å². The van der Waals surface area contributed by atoms with Gasteiger partial charge < -0.3 is 14.8 Å². The fourth-order valence-corrected chi connectivity index (χ4v) is 2.83. The number of hydrogen-bond acceptors (Lipinski definition) is 3. The Morgan fingerprint density at radius 2 is 2.26 bits per heavy atom. The molecule has 1 aliphatic carbocycles. The molecule has 0 aromatic heterocycles. The minimum absolute atomic E-state index is 0.291. The molecule has 19 heavy (non-hydrogen) atoms. The van der Waals surface area contributed by atoms with Crippen LogP contribution in [0.15, 0.2) is 22.7 Å². The zero-order valence-electron chi connectivity index (χ0n) is 11.0. The first kappa shape index (κ1) is 13.4. The summed E-state index contributed by atoms with van der Waals surface area (Å²) in [7, 11) is 0. The van der Waals surface area contributed by atoms with Crippen molar-refractivity contribution in [2.45, 2.75) is 25.4 Å². The fraction of sp³-hybridized carbons (Fsp3) is 0.600. The molecule has 1 saturated carbocycles. The number of hydrogen-bond donors (Lipinski definition) is 1. The normalized spacial score (nSPS) is 23.3. The summed E-state index contributed by atoms with van der Waals surface area (Å²) in [5, 5.41) is 3.36. The molecular formula is C15H20BrNO2. The van der Waals surface area contributed by atoms with Gasteiger partial charge in [-0.25, -0.2) is 0 Å². The summed E-state index contributed by atoms with van der Waals surface area (Å²) in [4.78, 5) is 0. The van der Waals surface area contributed by atoms with Crippen LogP contribution in [0.25, 0.3) is 0 Å². The van der Waals surface area contributed by atoms with E-state index >= 15 is 0 Å². The summed E-state index contributed by atoms with van der Waals surface area (Å²) in [6, 6.07) is 6.36. The average Bonchev–Trinajstić information content (AvgIpc) is 3.23. The third-order valence-electron chi connectivity index (χ3n) is 3.64. The molecule has 1 atom stereocenters. The van der Waals surface area contributed by atoms with Crippen LogP contribution in [0, 0.1) is 5.92 Å². The van der Waals surface area contributed by atoms with Gasteiger partial charge in [0.15, 0.2) is 0 Å². The summed E-state index contributed by atoms with van der Waals surface area (Å²) in [5.41, 5.74) is 1.29. The SMILES string of the molecule is Brc1cc(C[C@@H]2CNCCO2)ccc1OCC1CC1. The number of halogens is 1. The van der Waals surface area contributed by atoms with Gasteiger partial charge in [0, 0.05) is 13.1 Å². The van der Waals surface area contributed by atoms with Gasteiger partial charge in [-0.3, -0.25) is 0 Å². The Bertz CT molecular complexity index is 428. The van der Waals surface area contributed by atoms with Gasteiger partial charge in [0.1, 0.15) is 5.75 Å². The maximum atomic E-state index is 5.82. The average molecular weight is 326 g/mol. The number of benzene rings is 1. The Morgan fingerprint density at radius 3 is 2.95 bits per heavy atom. The lowest BCUT2D eigenvalue weighted by Gasteiger charge is -2.23. The standard InChI is InChI=1S/C15H20BrNO2/c16-14-8-12(7-13-9-17-5-6-18-13)3-4-15(14)19-10-11-1-2-11/h3-4,8,11,13,17H,1-2,5-7,9-10H2/t13-/m1/s1. The van der Waals surface area contributed by atoms with Gasteiger partial charge in [0.05, 0.1) is 23.8 Å². The van der Waals surface area contributed by atoms with Gasteiger partial charge in [-0.05, 0) is 58.8 Å². The molecule has 104 valence electrons. The van der Waals surface area contributed by atoms with Crippen molar-refractivity contribution in [2.24, 2.45) is 5.92 Å². The molecule has 0 bridgehead atoms. The lowest BCUT2D eigenvalue weighted by Crippen LogP contribution is -2.39. The highest BCUT2D eigenvalue weighted by molar-refractivity contribution is 9.10. The van der Waals surface area contributed by atoms with Crippen molar-refractivity contribution in [3.63, 3.8) is 0 Å². The van der Waals surface area contributed by atoms with Crippen molar-refractivity contribution in [2.75, 3.05) is 26.3 Å². The largest absolute Gasteiger partial charge is 0.492 e. The first-order valence-electron chi connectivity index (χ1n) is 7.05. The van der Waals surface area contributed by atoms with Crippen LogP contribution in [0.4, 0.5) is 0 Å². The highest BCUT2D eigenvalue weighted by Gasteiger charge is 2.22. The van der Waals surface area contributed by atoms with Crippen LogP contribution >= 0.6 is 15.9 Å². The van der Waals surface area contributed by atoms with Crippen LogP contribution in [0.3, 0.4) is 0 Å². The maximum Gasteiger partial charge on any atom is 0.133 e. The van der Waals surface area contributed by atoms with Crippen LogP contribution < -0.4 is 10.1 Å². The molecule has 1 aliphatic heterocycles. The number of rotatable bonds is 5. The molecule has 1 N–H and O–H groups in total. The summed E-state index contributed by atoms with van der Waals surface area (Å²) in [6.45, 7) is 3.58. The number of morpholine rings is 1. The number of ether oxygens (including phenoxy) is 2.